The van der Waals surface area contributed by atoms with Crippen LogP contribution in [0.15, 0.2) is 58.7 Å². The van der Waals surface area contributed by atoms with E-state index in [2.05, 4.69) is 0 Å². The molecule has 10 heteroatoms. The molecular weight excluding hydrogens is 476 g/mol. The highest BCUT2D eigenvalue weighted by Gasteiger charge is 2.48. The Balaban J connectivity index is 1.99. The van der Waals surface area contributed by atoms with Crippen LogP contribution in [0.25, 0.3) is 5.76 Å². The fourth-order valence-corrected chi connectivity index (χ4v) is 4.42. The zero-order valence-corrected chi connectivity index (χ0v) is 18.8. The lowest BCUT2D eigenvalue weighted by Crippen LogP contribution is -2.29. The summed E-state index contributed by atoms with van der Waals surface area (Å²) in [5, 5.41) is 11.2. The first-order valence-corrected chi connectivity index (χ1v) is 10.3. The second-order valence-corrected chi connectivity index (χ2v) is 7.74. The summed E-state index contributed by atoms with van der Waals surface area (Å²) < 4.78 is 29.9. The van der Waals surface area contributed by atoms with Gasteiger partial charge in [-0.2, -0.15) is 0 Å². The number of nitrogens with zero attached hydrogens (tertiary/aromatic N) is 1. The molecule has 3 aromatic rings. The van der Waals surface area contributed by atoms with E-state index in [1.54, 1.807) is 6.07 Å². The number of ether oxygens (including phenoxy) is 2. The molecule has 0 radical (unpaired) electrons. The highest BCUT2D eigenvalue weighted by molar-refractivity contribution is 6.51. The molecular formula is C23H16Cl2FNO6. The van der Waals surface area contributed by atoms with Gasteiger partial charge in [-0.3, -0.25) is 14.5 Å². The predicted molar refractivity (Wildman–Crippen MR) is 119 cm³/mol. The number of hydrogen-bond acceptors (Lipinski definition) is 6. The SMILES string of the molecule is COc1c(Cl)cc(/C(O)=C2/C(=O)C(=O)N(c3cccc(F)c3)C2c2ccco2)c(OC)c1Cl. The van der Waals surface area contributed by atoms with Crippen LogP contribution in [-0.4, -0.2) is 31.0 Å². The van der Waals surface area contributed by atoms with Crippen LogP contribution in [-0.2, 0) is 9.59 Å². The number of anilines is 1. The van der Waals surface area contributed by atoms with E-state index in [0.717, 1.165) is 11.0 Å². The van der Waals surface area contributed by atoms with Crippen molar-refractivity contribution in [2.75, 3.05) is 19.1 Å². The van der Waals surface area contributed by atoms with Gasteiger partial charge in [-0.15, -0.1) is 0 Å². The minimum absolute atomic E-state index is 0.0226. The van der Waals surface area contributed by atoms with E-state index < -0.39 is 29.3 Å². The monoisotopic (exact) mass is 491 g/mol. The van der Waals surface area contributed by atoms with Crippen LogP contribution in [0.2, 0.25) is 10.0 Å². The number of methoxy groups -OCH3 is 2. The first-order chi connectivity index (χ1) is 15.8. The standard InChI is InChI=1S/C23H16Cl2FNO6/c1-31-21-13(10-14(24)22(32-2)17(21)25)19(28)16-18(15-7-4-8-33-15)27(23(30)20(16)29)12-6-3-5-11(26)9-12/h3-10,18,28H,1-2H3/b19-16-. The molecule has 7 nitrogen and oxygen atoms in total. The third-order valence-electron chi connectivity index (χ3n) is 5.14. The second kappa shape index (κ2) is 8.80. The van der Waals surface area contributed by atoms with Gasteiger partial charge in [-0.25, -0.2) is 4.39 Å². The van der Waals surface area contributed by atoms with Crippen molar-refractivity contribution in [3.8, 4) is 11.5 Å². The fourth-order valence-electron chi connectivity index (χ4n) is 3.73. The number of furan rings is 1. The van der Waals surface area contributed by atoms with E-state index in [4.69, 9.17) is 37.1 Å². The smallest absolute Gasteiger partial charge is 0.300 e. The molecule has 1 saturated heterocycles. The summed E-state index contributed by atoms with van der Waals surface area (Å²) in [6.45, 7) is 0. The number of amides is 1. The predicted octanol–water partition coefficient (Wildman–Crippen LogP) is 5.37. The maximum Gasteiger partial charge on any atom is 0.300 e. The van der Waals surface area contributed by atoms with Crippen LogP contribution in [0.5, 0.6) is 11.5 Å². The van der Waals surface area contributed by atoms with Crippen molar-refractivity contribution in [3.05, 3.63) is 81.5 Å². The zero-order chi connectivity index (χ0) is 23.9. The van der Waals surface area contributed by atoms with Gasteiger partial charge in [0.2, 0.25) is 0 Å². The van der Waals surface area contributed by atoms with E-state index in [-0.39, 0.29) is 44.1 Å². The van der Waals surface area contributed by atoms with Crippen molar-refractivity contribution in [1.82, 2.24) is 0 Å². The Morgan fingerprint density at radius 2 is 1.82 bits per heavy atom. The van der Waals surface area contributed by atoms with Crippen molar-refractivity contribution in [2.45, 2.75) is 6.04 Å². The molecule has 0 spiro atoms. The van der Waals surface area contributed by atoms with Gasteiger partial charge in [0.25, 0.3) is 11.7 Å². The summed E-state index contributed by atoms with van der Waals surface area (Å²) >= 11 is 12.6. The molecule has 2 heterocycles. The Kier molecular flexibility index (Phi) is 6.05. The molecule has 1 unspecified atom stereocenters. The van der Waals surface area contributed by atoms with Gasteiger partial charge in [0.05, 0.1) is 36.6 Å². The van der Waals surface area contributed by atoms with Crippen molar-refractivity contribution in [2.24, 2.45) is 0 Å². The summed E-state index contributed by atoms with van der Waals surface area (Å²) in [5.41, 5.74) is -0.243. The van der Waals surface area contributed by atoms with Gasteiger partial charge in [0.1, 0.15) is 28.4 Å². The van der Waals surface area contributed by atoms with Gasteiger partial charge >= 0.3 is 0 Å². The Bertz CT molecular complexity index is 1290. The molecule has 170 valence electrons. The lowest BCUT2D eigenvalue weighted by atomic mass is 9.98. The number of aliphatic hydroxyl groups excluding tert-OH is 1. The summed E-state index contributed by atoms with van der Waals surface area (Å²) in [6.07, 6.45) is 1.35. The molecule has 1 aliphatic heterocycles. The molecule has 0 aliphatic carbocycles. The highest BCUT2D eigenvalue weighted by atomic mass is 35.5. The molecule has 1 N–H and O–H groups in total. The molecule has 0 bridgehead atoms. The maximum absolute atomic E-state index is 13.9. The molecule has 1 atom stereocenters. The van der Waals surface area contributed by atoms with Crippen molar-refractivity contribution in [1.29, 1.82) is 0 Å². The minimum atomic E-state index is -1.19. The number of carbonyl (C=O) groups is 2. The zero-order valence-electron chi connectivity index (χ0n) is 17.3. The fraction of sp³-hybridized carbons (Fsp3) is 0.130. The van der Waals surface area contributed by atoms with Crippen LogP contribution in [0.3, 0.4) is 0 Å². The van der Waals surface area contributed by atoms with Crippen LogP contribution < -0.4 is 14.4 Å². The van der Waals surface area contributed by atoms with Gasteiger partial charge in [0.15, 0.2) is 11.5 Å². The van der Waals surface area contributed by atoms with Crippen molar-refractivity contribution in [3.63, 3.8) is 0 Å². The Labute approximate surface area is 197 Å². The first-order valence-electron chi connectivity index (χ1n) is 9.50. The molecule has 33 heavy (non-hydrogen) atoms. The molecule has 1 fully saturated rings. The number of benzene rings is 2. The normalized spacial score (nSPS) is 17.5. The molecule has 1 amide bonds. The molecule has 0 saturated carbocycles. The number of rotatable bonds is 5. The lowest BCUT2D eigenvalue weighted by molar-refractivity contribution is -0.132. The maximum atomic E-state index is 13.9. The number of Topliss-reactive ketones (excluding diaryl/α,β-unsaturated/α-hetero) is 1. The third-order valence-corrected chi connectivity index (χ3v) is 5.76. The minimum Gasteiger partial charge on any atom is -0.507 e. The average molecular weight is 492 g/mol. The molecule has 1 aliphatic rings. The van der Waals surface area contributed by atoms with Gasteiger partial charge in [0, 0.05) is 5.69 Å². The Morgan fingerprint density at radius 3 is 2.42 bits per heavy atom. The van der Waals surface area contributed by atoms with Crippen LogP contribution in [0.1, 0.15) is 17.4 Å². The summed E-state index contributed by atoms with van der Waals surface area (Å²) in [7, 11) is 2.66. The second-order valence-electron chi connectivity index (χ2n) is 6.95. The summed E-state index contributed by atoms with van der Waals surface area (Å²) in [6, 6.07) is 8.36. The Morgan fingerprint density at radius 1 is 1.09 bits per heavy atom. The summed E-state index contributed by atoms with van der Waals surface area (Å²) in [4.78, 5) is 27.2. The quantitative estimate of drug-likeness (QED) is 0.293. The third kappa shape index (κ3) is 3.71. The van der Waals surface area contributed by atoms with Gasteiger partial charge in [-0.05, 0) is 36.4 Å². The highest BCUT2D eigenvalue weighted by Crippen LogP contribution is 2.48. The molecule has 4 rings (SSSR count). The number of carbonyl (C=O) groups excluding carboxylic acids is 2. The first kappa shape index (κ1) is 22.7. The van der Waals surface area contributed by atoms with Crippen molar-refractivity contribution >= 4 is 46.3 Å². The largest absolute Gasteiger partial charge is 0.507 e. The van der Waals surface area contributed by atoms with Gasteiger partial charge < -0.3 is 19.0 Å². The van der Waals surface area contributed by atoms with Crippen LogP contribution >= 0.6 is 23.2 Å². The van der Waals surface area contributed by atoms with E-state index in [1.807, 2.05) is 0 Å². The number of hydrogen-bond donors (Lipinski definition) is 1. The van der Waals surface area contributed by atoms with Crippen LogP contribution in [0, 0.1) is 5.82 Å². The number of ketones is 1. The van der Waals surface area contributed by atoms with E-state index in [1.165, 1.54) is 50.8 Å². The molecule has 2 aromatic carbocycles. The molecule has 1 aromatic heterocycles. The van der Waals surface area contributed by atoms with Crippen molar-refractivity contribution < 1.29 is 33.0 Å². The van der Waals surface area contributed by atoms with Gasteiger partial charge in [-0.1, -0.05) is 29.3 Å². The number of aliphatic hydroxyl groups is 1. The topological polar surface area (TPSA) is 89.2 Å². The lowest BCUT2D eigenvalue weighted by Gasteiger charge is -2.23. The average Bonchev–Trinajstić information content (AvgIpc) is 3.40. The Hall–Kier alpha value is -3.49. The van der Waals surface area contributed by atoms with E-state index in [0.29, 0.717) is 0 Å². The van der Waals surface area contributed by atoms with E-state index in [9.17, 15) is 19.1 Å². The number of halogens is 3. The van der Waals surface area contributed by atoms with Crippen LogP contribution in [0.4, 0.5) is 10.1 Å². The summed E-state index contributed by atoms with van der Waals surface area (Å²) in [5.74, 6) is -2.94. The van der Waals surface area contributed by atoms with E-state index >= 15 is 0 Å².